The van der Waals surface area contributed by atoms with Crippen LogP contribution in [0, 0.1) is 5.41 Å². The molecular formula is C16H23NO4S. The maximum atomic E-state index is 12.0. The second kappa shape index (κ2) is 6.79. The van der Waals surface area contributed by atoms with Crippen molar-refractivity contribution in [2.75, 3.05) is 31.7 Å². The van der Waals surface area contributed by atoms with Crippen LogP contribution in [-0.4, -0.2) is 56.0 Å². The Labute approximate surface area is 131 Å². The Bertz CT molecular complexity index is 604. The highest BCUT2D eigenvalue weighted by Gasteiger charge is 2.35. The molecule has 0 aliphatic carbocycles. The molecule has 1 heterocycles. The molecule has 1 aromatic carbocycles. The zero-order chi connectivity index (χ0) is 16.2. The number of hydrogen-bond acceptors (Lipinski definition) is 4. The molecule has 0 saturated carbocycles. The van der Waals surface area contributed by atoms with Crippen molar-refractivity contribution >= 4 is 15.7 Å². The fraction of sp³-hybridized carbons (Fsp3) is 0.562. The number of hydrogen-bond donors (Lipinski definition) is 1. The summed E-state index contributed by atoms with van der Waals surface area (Å²) in [5.74, 6) is -0.772. The topological polar surface area (TPSA) is 74.7 Å². The number of rotatable bonds is 5. The number of nitrogens with zero attached hydrogens (tertiary/aromatic N) is 1. The molecule has 1 aromatic rings. The summed E-state index contributed by atoms with van der Waals surface area (Å²) in [6.07, 6.45) is 3.22. The Morgan fingerprint density at radius 1 is 1.23 bits per heavy atom. The second-order valence-electron chi connectivity index (χ2n) is 6.27. The number of likely N-dealkylation sites (tertiary alicyclic amines) is 1. The van der Waals surface area contributed by atoms with Gasteiger partial charge in [-0.05, 0) is 24.8 Å². The number of aliphatic hydroxyl groups is 1. The highest BCUT2D eigenvalue weighted by Crippen LogP contribution is 2.34. The molecule has 1 fully saturated rings. The van der Waals surface area contributed by atoms with Crippen molar-refractivity contribution in [1.29, 1.82) is 0 Å². The van der Waals surface area contributed by atoms with Crippen LogP contribution >= 0.6 is 0 Å². The zero-order valence-corrected chi connectivity index (χ0v) is 13.7. The Morgan fingerprint density at radius 3 is 2.32 bits per heavy atom. The highest BCUT2D eigenvalue weighted by molar-refractivity contribution is 7.91. The minimum Gasteiger partial charge on any atom is -0.396 e. The number of piperidine rings is 1. The van der Waals surface area contributed by atoms with Gasteiger partial charge in [0.15, 0.2) is 9.84 Å². The van der Waals surface area contributed by atoms with E-state index in [-0.39, 0.29) is 17.9 Å². The molecule has 0 bridgehead atoms. The van der Waals surface area contributed by atoms with Gasteiger partial charge in [-0.1, -0.05) is 30.3 Å². The van der Waals surface area contributed by atoms with Crippen LogP contribution in [0.3, 0.4) is 0 Å². The maximum absolute atomic E-state index is 12.0. The van der Waals surface area contributed by atoms with E-state index >= 15 is 0 Å². The average Bonchev–Trinajstić information content (AvgIpc) is 2.47. The van der Waals surface area contributed by atoms with E-state index in [1.54, 1.807) is 4.90 Å². The molecule has 1 aliphatic heterocycles. The van der Waals surface area contributed by atoms with Crippen molar-refractivity contribution in [2.45, 2.75) is 19.3 Å². The summed E-state index contributed by atoms with van der Waals surface area (Å²) in [5.41, 5.74) is 0.955. The lowest BCUT2D eigenvalue weighted by atomic mass is 9.74. The van der Waals surface area contributed by atoms with Crippen molar-refractivity contribution in [2.24, 2.45) is 5.41 Å². The molecule has 1 aliphatic rings. The predicted octanol–water partition coefficient (Wildman–Crippen LogP) is 0.875. The van der Waals surface area contributed by atoms with Crippen molar-refractivity contribution in [3.8, 4) is 0 Å². The van der Waals surface area contributed by atoms with E-state index in [1.165, 1.54) is 5.56 Å². The fourth-order valence-corrected chi connectivity index (χ4v) is 3.60. The summed E-state index contributed by atoms with van der Waals surface area (Å²) in [5, 5.41) is 9.81. The lowest BCUT2D eigenvalue weighted by Gasteiger charge is -2.41. The average molecular weight is 325 g/mol. The third-order valence-electron chi connectivity index (χ3n) is 4.32. The van der Waals surface area contributed by atoms with Gasteiger partial charge in [0.25, 0.3) is 0 Å². The molecule has 22 heavy (non-hydrogen) atoms. The van der Waals surface area contributed by atoms with E-state index in [0.717, 1.165) is 12.7 Å². The molecule has 0 atom stereocenters. The van der Waals surface area contributed by atoms with Gasteiger partial charge in [0.05, 0.1) is 0 Å². The lowest BCUT2D eigenvalue weighted by molar-refractivity contribution is -0.131. The summed E-state index contributed by atoms with van der Waals surface area (Å²) in [6.45, 7) is 1.08. The normalized spacial score (nSPS) is 18.2. The summed E-state index contributed by atoms with van der Waals surface area (Å²) < 4.78 is 22.4. The van der Waals surface area contributed by atoms with E-state index in [1.807, 2.05) is 30.3 Å². The molecule has 0 unspecified atom stereocenters. The maximum Gasteiger partial charge on any atom is 0.237 e. The lowest BCUT2D eigenvalue weighted by Crippen LogP contribution is -2.47. The van der Waals surface area contributed by atoms with Gasteiger partial charge in [0, 0.05) is 31.4 Å². The van der Waals surface area contributed by atoms with Gasteiger partial charge in [0.1, 0.15) is 5.75 Å². The van der Waals surface area contributed by atoms with Crippen molar-refractivity contribution in [1.82, 2.24) is 4.90 Å². The molecule has 5 nitrogen and oxygen atoms in total. The van der Waals surface area contributed by atoms with Crippen LogP contribution in [0.2, 0.25) is 0 Å². The Kier molecular flexibility index (Phi) is 5.24. The summed E-state index contributed by atoms with van der Waals surface area (Å²) in [4.78, 5) is 13.6. The molecule has 2 rings (SSSR count). The van der Waals surface area contributed by atoms with Crippen LogP contribution in [-0.2, 0) is 21.1 Å². The summed E-state index contributed by atoms with van der Waals surface area (Å²) in [6, 6.07) is 10.00. The number of carbonyl (C=O) groups excluding carboxylic acids is 1. The first-order valence-corrected chi connectivity index (χ1v) is 9.50. The first-order valence-electron chi connectivity index (χ1n) is 7.44. The van der Waals surface area contributed by atoms with Crippen LogP contribution in [0.4, 0.5) is 0 Å². The Morgan fingerprint density at radius 2 is 1.82 bits per heavy atom. The first-order chi connectivity index (χ1) is 10.3. The standard InChI is InChI=1S/C16H23NO4S/c1-22(20,21)12-15(19)17-9-7-16(13-18,8-10-17)11-14-5-3-2-4-6-14/h2-6,18H,7-13H2,1H3. The van der Waals surface area contributed by atoms with Crippen LogP contribution < -0.4 is 0 Å². The molecule has 1 N–H and O–H groups in total. The number of sulfone groups is 1. The second-order valence-corrected chi connectivity index (χ2v) is 8.41. The summed E-state index contributed by atoms with van der Waals surface area (Å²) >= 11 is 0. The third-order valence-corrected chi connectivity index (χ3v) is 5.09. The highest BCUT2D eigenvalue weighted by atomic mass is 32.2. The summed E-state index contributed by atoms with van der Waals surface area (Å²) in [7, 11) is -3.30. The quantitative estimate of drug-likeness (QED) is 0.872. The van der Waals surface area contributed by atoms with Gasteiger partial charge in [-0.25, -0.2) is 8.42 Å². The minimum atomic E-state index is -3.30. The van der Waals surface area contributed by atoms with Crippen LogP contribution in [0.5, 0.6) is 0 Å². The SMILES string of the molecule is CS(=O)(=O)CC(=O)N1CCC(CO)(Cc2ccccc2)CC1. The van der Waals surface area contributed by atoms with Gasteiger partial charge in [0.2, 0.25) is 5.91 Å². The molecule has 6 heteroatoms. The Balaban J connectivity index is 1.98. The van der Waals surface area contributed by atoms with Crippen LogP contribution in [0.15, 0.2) is 30.3 Å². The van der Waals surface area contributed by atoms with Crippen molar-refractivity contribution in [3.05, 3.63) is 35.9 Å². The predicted molar refractivity (Wildman–Crippen MR) is 85.2 cm³/mol. The molecule has 0 spiro atoms. The molecule has 0 radical (unpaired) electrons. The number of benzene rings is 1. The zero-order valence-electron chi connectivity index (χ0n) is 12.9. The largest absolute Gasteiger partial charge is 0.396 e. The molecular weight excluding hydrogens is 302 g/mol. The molecule has 1 amide bonds. The monoisotopic (exact) mass is 325 g/mol. The van der Waals surface area contributed by atoms with Gasteiger partial charge < -0.3 is 10.0 Å². The van der Waals surface area contributed by atoms with Crippen molar-refractivity contribution in [3.63, 3.8) is 0 Å². The van der Waals surface area contributed by atoms with E-state index in [0.29, 0.717) is 25.9 Å². The number of amides is 1. The number of aliphatic hydroxyl groups excluding tert-OH is 1. The van der Waals surface area contributed by atoms with Gasteiger partial charge in [-0.3, -0.25) is 4.79 Å². The van der Waals surface area contributed by atoms with E-state index < -0.39 is 15.6 Å². The van der Waals surface area contributed by atoms with Gasteiger partial charge in [-0.2, -0.15) is 0 Å². The van der Waals surface area contributed by atoms with Crippen LogP contribution in [0.25, 0.3) is 0 Å². The van der Waals surface area contributed by atoms with Gasteiger partial charge in [-0.15, -0.1) is 0 Å². The van der Waals surface area contributed by atoms with Gasteiger partial charge >= 0.3 is 0 Å². The number of carbonyl (C=O) groups is 1. The fourth-order valence-electron chi connectivity index (χ4n) is 2.97. The molecule has 1 saturated heterocycles. The molecule has 122 valence electrons. The Hall–Kier alpha value is -1.40. The first kappa shape index (κ1) is 17.0. The third kappa shape index (κ3) is 4.55. The van der Waals surface area contributed by atoms with E-state index in [2.05, 4.69) is 0 Å². The molecule has 0 aromatic heterocycles. The van der Waals surface area contributed by atoms with E-state index in [4.69, 9.17) is 0 Å². The van der Waals surface area contributed by atoms with Crippen LogP contribution in [0.1, 0.15) is 18.4 Å². The minimum absolute atomic E-state index is 0.0794. The van der Waals surface area contributed by atoms with Crippen molar-refractivity contribution < 1.29 is 18.3 Å². The van der Waals surface area contributed by atoms with E-state index in [9.17, 15) is 18.3 Å². The smallest absolute Gasteiger partial charge is 0.237 e.